The molecule has 0 fully saturated rings. The summed E-state index contributed by atoms with van der Waals surface area (Å²) >= 11 is 0.585. The van der Waals surface area contributed by atoms with Crippen molar-refractivity contribution in [2.45, 2.75) is 37.1 Å². The highest BCUT2D eigenvalue weighted by atomic mass is 32.2. The molecule has 0 aliphatic rings. The molecular formula is C8H14F5NS. The molecule has 0 amide bonds. The van der Waals surface area contributed by atoms with Gasteiger partial charge in [0.05, 0.1) is 5.25 Å². The quantitative estimate of drug-likeness (QED) is 0.580. The van der Waals surface area contributed by atoms with Crippen molar-refractivity contribution in [1.29, 1.82) is 0 Å². The highest BCUT2D eigenvalue weighted by Crippen LogP contribution is 2.42. The molecule has 0 aliphatic carbocycles. The van der Waals surface area contributed by atoms with Crippen molar-refractivity contribution in [2.24, 2.45) is 5.73 Å². The van der Waals surface area contributed by atoms with Gasteiger partial charge in [-0.05, 0) is 12.2 Å². The van der Waals surface area contributed by atoms with Gasteiger partial charge in [0.1, 0.15) is 0 Å². The third-order valence-corrected chi connectivity index (χ3v) is 3.23. The van der Waals surface area contributed by atoms with E-state index in [4.69, 9.17) is 5.73 Å². The van der Waals surface area contributed by atoms with Crippen LogP contribution in [0.3, 0.4) is 0 Å². The van der Waals surface area contributed by atoms with Crippen LogP contribution < -0.4 is 5.73 Å². The molecule has 0 heterocycles. The normalized spacial score (nSPS) is 15.4. The largest absolute Gasteiger partial charge is 0.454 e. The van der Waals surface area contributed by atoms with E-state index in [0.717, 1.165) is 6.42 Å². The lowest BCUT2D eigenvalue weighted by Gasteiger charge is -2.27. The second-order valence-electron chi connectivity index (χ2n) is 3.07. The minimum Gasteiger partial charge on any atom is -0.329 e. The molecule has 0 aromatic carbocycles. The molecule has 0 saturated heterocycles. The van der Waals surface area contributed by atoms with Crippen molar-refractivity contribution in [1.82, 2.24) is 0 Å². The van der Waals surface area contributed by atoms with E-state index in [2.05, 4.69) is 0 Å². The van der Waals surface area contributed by atoms with E-state index in [1.165, 1.54) is 0 Å². The fraction of sp³-hybridized carbons (Fsp3) is 1.00. The Labute approximate surface area is 89.6 Å². The summed E-state index contributed by atoms with van der Waals surface area (Å²) in [7, 11) is 0. The molecule has 1 unspecified atom stereocenters. The zero-order chi connectivity index (χ0) is 12.1. The number of hydrogen-bond acceptors (Lipinski definition) is 2. The number of halogens is 5. The van der Waals surface area contributed by atoms with E-state index in [9.17, 15) is 22.0 Å². The van der Waals surface area contributed by atoms with E-state index < -0.39 is 23.9 Å². The van der Waals surface area contributed by atoms with Crippen molar-refractivity contribution in [3.8, 4) is 0 Å². The fourth-order valence-corrected chi connectivity index (χ4v) is 2.09. The maximum absolute atomic E-state index is 12.8. The number of alkyl halides is 5. The molecule has 7 heteroatoms. The predicted molar refractivity (Wildman–Crippen MR) is 51.2 cm³/mol. The van der Waals surface area contributed by atoms with Crippen molar-refractivity contribution >= 4 is 11.8 Å². The highest BCUT2D eigenvalue weighted by Gasteiger charge is 2.61. The Morgan fingerprint density at radius 1 is 1.20 bits per heavy atom. The van der Waals surface area contributed by atoms with E-state index in [1.54, 1.807) is 0 Å². The zero-order valence-electron chi connectivity index (χ0n) is 8.28. The van der Waals surface area contributed by atoms with Gasteiger partial charge in [0.15, 0.2) is 0 Å². The molecule has 0 bridgehead atoms. The molecule has 0 aromatic rings. The van der Waals surface area contributed by atoms with E-state index >= 15 is 0 Å². The lowest BCUT2D eigenvalue weighted by molar-refractivity contribution is -0.280. The van der Waals surface area contributed by atoms with Gasteiger partial charge in [-0.3, -0.25) is 0 Å². The van der Waals surface area contributed by atoms with Crippen LogP contribution in [-0.4, -0.2) is 29.6 Å². The molecule has 1 nitrogen and oxygen atoms in total. The van der Waals surface area contributed by atoms with Gasteiger partial charge in [-0.1, -0.05) is 13.3 Å². The first-order valence-corrected chi connectivity index (χ1v) is 5.58. The van der Waals surface area contributed by atoms with Gasteiger partial charge in [0, 0.05) is 6.54 Å². The monoisotopic (exact) mass is 251 g/mol. The van der Waals surface area contributed by atoms with Crippen molar-refractivity contribution < 1.29 is 22.0 Å². The number of rotatable bonds is 6. The average Bonchev–Trinajstić information content (AvgIpc) is 2.10. The van der Waals surface area contributed by atoms with Gasteiger partial charge < -0.3 is 5.73 Å². The summed E-state index contributed by atoms with van der Waals surface area (Å²) in [5, 5.41) is -1.89. The smallest absolute Gasteiger partial charge is 0.329 e. The van der Waals surface area contributed by atoms with Crippen molar-refractivity contribution in [3.63, 3.8) is 0 Å². The van der Waals surface area contributed by atoms with E-state index in [1.807, 2.05) is 6.92 Å². The summed E-state index contributed by atoms with van der Waals surface area (Å²) in [6.45, 7) is 1.15. The molecule has 0 aromatic heterocycles. The molecule has 0 radical (unpaired) electrons. The van der Waals surface area contributed by atoms with Crippen LogP contribution in [0.25, 0.3) is 0 Å². The minimum absolute atomic E-state index is 0.268. The molecule has 15 heavy (non-hydrogen) atoms. The molecule has 1 atom stereocenters. The van der Waals surface area contributed by atoms with Crippen LogP contribution in [0, 0.1) is 0 Å². The third-order valence-electron chi connectivity index (χ3n) is 1.81. The molecular weight excluding hydrogens is 237 g/mol. The van der Waals surface area contributed by atoms with Gasteiger partial charge in [-0.2, -0.15) is 33.7 Å². The second-order valence-corrected chi connectivity index (χ2v) is 4.38. The maximum atomic E-state index is 12.8. The lowest BCUT2D eigenvalue weighted by atomic mass is 10.2. The van der Waals surface area contributed by atoms with Crippen LogP contribution >= 0.6 is 11.8 Å². The first-order valence-electron chi connectivity index (χ1n) is 4.53. The Balaban J connectivity index is 4.38. The minimum atomic E-state index is -5.52. The van der Waals surface area contributed by atoms with Gasteiger partial charge >= 0.3 is 12.1 Å². The summed E-state index contributed by atoms with van der Waals surface area (Å²) in [6.07, 6.45) is -4.16. The van der Waals surface area contributed by atoms with E-state index in [-0.39, 0.29) is 5.75 Å². The summed E-state index contributed by atoms with van der Waals surface area (Å²) in [6, 6.07) is 0. The molecule has 92 valence electrons. The maximum Gasteiger partial charge on any atom is 0.454 e. The van der Waals surface area contributed by atoms with Gasteiger partial charge in [0.25, 0.3) is 0 Å². The number of nitrogens with two attached hydrogens (primary N) is 1. The first kappa shape index (κ1) is 15.0. The Morgan fingerprint density at radius 3 is 2.07 bits per heavy atom. The average molecular weight is 251 g/mol. The SMILES string of the molecule is CCCCSC(CN)C(F)(F)C(F)(F)F. The molecule has 0 saturated carbocycles. The summed E-state index contributed by atoms with van der Waals surface area (Å²) in [5.74, 6) is -4.44. The molecule has 2 N–H and O–H groups in total. The Kier molecular flexibility index (Phi) is 5.87. The summed E-state index contributed by atoms with van der Waals surface area (Å²) in [5.41, 5.74) is 4.94. The topological polar surface area (TPSA) is 26.0 Å². The third kappa shape index (κ3) is 4.14. The fourth-order valence-electron chi connectivity index (χ4n) is 0.873. The summed E-state index contributed by atoms with van der Waals surface area (Å²) in [4.78, 5) is 0. The molecule has 0 rings (SSSR count). The van der Waals surface area contributed by atoms with E-state index in [0.29, 0.717) is 18.2 Å². The van der Waals surface area contributed by atoms with Crippen LogP contribution in [0.1, 0.15) is 19.8 Å². The van der Waals surface area contributed by atoms with Gasteiger partial charge in [-0.15, -0.1) is 0 Å². The van der Waals surface area contributed by atoms with Crippen LogP contribution in [0.4, 0.5) is 22.0 Å². The lowest BCUT2D eigenvalue weighted by Crippen LogP contribution is -2.48. The van der Waals surface area contributed by atoms with Crippen LogP contribution in [0.2, 0.25) is 0 Å². The standard InChI is InChI=1S/C8H14F5NS/c1-2-3-4-15-6(5-14)7(9,10)8(11,12)13/h6H,2-5,14H2,1H3. The molecule has 0 aliphatic heterocycles. The Hall–Kier alpha value is -0.0400. The Morgan fingerprint density at radius 2 is 1.73 bits per heavy atom. The van der Waals surface area contributed by atoms with Crippen molar-refractivity contribution in [2.75, 3.05) is 12.3 Å². The Bertz CT molecular complexity index is 182. The second kappa shape index (κ2) is 5.89. The predicted octanol–water partition coefficient (Wildman–Crippen LogP) is 3.04. The molecule has 0 spiro atoms. The zero-order valence-corrected chi connectivity index (χ0v) is 9.10. The first-order chi connectivity index (χ1) is 6.77. The van der Waals surface area contributed by atoms with Crippen LogP contribution in [0.15, 0.2) is 0 Å². The van der Waals surface area contributed by atoms with Gasteiger partial charge in [-0.25, -0.2) is 0 Å². The number of hydrogen-bond donors (Lipinski definition) is 1. The van der Waals surface area contributed by atoms with Crippen LogP contribution in [-0.2, 0) is 0 Å². The highest BCUT2D eigenvalue weighted by molar-refractivity contribution is 8.00. The van der Waals surface area contributed by atoms with Gasteiger partial charge in [0.2, 0.25) is 0 Å². The van der Waals surface area contributed by atoms with Crippen molar-refractivity contribution in [3.05, 3.63) is 0 Å². The van der Waals surface area contributed by atoms with Crippen LogP contribution in [0.5, 0.6) is 0 Å². The summed E-state index contributed by atoms with van der Waals surface area (Å²) < 4.78 is 61.5. The number of thioether (sulfide) groups is 1. The number of unbranched alkanes of at least 4 members (excludes halogenated alkanes) is 1.